The molecule has 120 valence electrons. The summed E-state index contributed by atoms with van der Waals surface area (Å²) in [4.78, 5) is 35.1. The van der Waals surface area contributed by atoms with Crippen molar-refractivity contribution in [3.05, 3.63) is 35.9 Å². The molecule has 0 unspecified atom stereocenters. The van der Waals surface area contributed by atoms with E-state index in [2.05, 4.69) is 17.9 Å². The standard InChI is InChI=1S/C15H21N3O3S/c16-8-12(19)7-11(9-22)15(21)18-13(14(17)20)6-10-4-2-1-3-5-10/h1-5,11,13,22H,6-9,16H2,(H2,17,20)(H,18,21)/t11-,13-/m0/s1. The van der Waals surface area contributed by atoms with Crippen molar-refractivity contribution in [3.63, 3.8) is 0 Å². The van der Waals surface area contributed by atoms with Gasteiger partial charge in [0.1, 0.15) is 11.8 Å². The molecule has 0 heterocycles. The van der Waals surface area contributed by atoms with Crippen LogP contribution in [0.2, 0.25) is 0 Å². The van der Waals surface area contributed by atoms with E-state index in [1.165, 1.54) is 0 Å². The van der Waals surface area contributed by atoms with E-state index in [0.29, 0.717) is 6.42 Å². The molecule has 0 fully saturated rings. The van der Waals surface area contributed by atoms with Crippen LogP contribution < -0.4 is 16.8 Å². The molecule has 0 aliphatic carbocycles. The molecular formula is C15H21N3O3S. The first kappa shape index (κ1) is 18.2. The largest absolute Gasteiger partial charge is 0.368 e. The molecular weight excluding hydrogens is 302 g/mol. The Morgan fingerprint density at radius 2 is 1.82 bits per heavy atom. The second-order valence-electron chi connectivity index (χ2n) is 4.98. The van der Waals surface area contributed by atoms with Crippen LogP contribution in [0.25, 0.3) is 0 Å². The number of carbonyl (C=O) groups is 3. The van der Waals surface area contributed by atoms with Crippen LogP contribution in [-0.2, 0) is 20.8 Å². The summed E-state index contributed by atoms with van der Waals surface area (Å²) in [6.45, 7) is -0.124. The zero-order valence-corrected chi connectivity index (χ0v) is 13.1. The second kappa shape index (κ2) is 9.22. The van der Waals surface area contributed by atoms with E-state index in [1.54, 1.807) is 0 Å². The van der Waals surface area contributed by atoms with Crippen molar-refractivity contribution in [1.29, 1.82) is 0 Å². The third kappa shape index (κ3) is 5.87. The molecule has 0 saturated carbocycles. The molecule has 1 aromatic carbocycles. The van der Waals surface area contributed by atoms with Crippen LogP contribution in [0.1, 0.15) is 12.0 Å². The number of carbonyl (C=O) groups excluding carboxylic acids is 3. The highest BCUT2D eigenvalue weighted by Crippen LogP contribution is 2.09. The topological polar surface area (TPSA) is 115 Å². The van der Waals surface area contributed by atoms with Gasteiger partial charge in [0.05, 0.1) is 12.5 Å². The van der Waals surface area contributed by atoms with E-state index >= 15 is 0 Å². The maximum Gasteiger partial charge on any atom is 0.240 e. The van der Waals surface area contributed by atoms with Gasteiger partial charge in [-0.2, -0.15) is 12.6 Å². The van der Waals surface area contributed by atoms with Gasteiger partial charge in [0.15, 0.2) is 0 Å². The van der Waals surface area contributed by atoms with Crippen LogP contribution in [0.3, 0.4) is 0 Å². The highest BCUT2D eigenvalue weighted by Gasteiger charge is 2.25. The molecule has 0 spiro atoms. The Balaban J connectivity index is 2.71. The molecule has 2 amide bonds. The van der Waals surface area contributed by atoms with E-state index in [-0.39, 0.29) is 24.5 Å². The van der Waals surface area contributed by atoms with Gasteiger partial charge in [-0.05, 0) is 5.56 Å². The normalized spacial score (nSPS) is 13.2. The third-order valence-corrected chi connectivity index (χ3v) is 3.68. The molecule has 0 saturated heterocycles. The van der Waals surface area contributed by atoms with E-state index < -0.39 is 23.8 Å². The summed E-state index contributed by atoms with van der Waals surface area (Å²) in [6.07, 6.45) is 0.300. The summed E-state index contributed by atoms with van der Waals surface area (Å²) >= 11 is 4.07. The number of nitrogens with two attached hydrogens (primary N) is 2. The van der Waals surface area contributed by atoms with Crippen molar-refractivity contribution in [2.24, 2.45) is 17.4 Å². The zero-order valence-electron chi connectivity index (χ0n) is 12.2. The van der Waals surface area contributed by atoms with Crippen molar-refractivity contribution >= 4 is 30.2 Å². The summed E-state index contributed by atoms with van der Waals surface area (Å²) in [6, 6.07) is 8.39. The molecule has 2 atom stereocenters. The first-order valence-electron chi connectivity index (χ1n) is 6.94. The van der Waals surface area contributed by atoms with E-state index in [0.717, 1.165) is 5.56 Å². The summed E-state index contributed by atoms with van der Waals surface area (Å²) in [5, 5.41) is 2.59. The van der Waals surface area contributed by atoms with E-state index in [9.17, 15) is 14.4 Å². The van der Waals surface area contributed by atoms with Crippen molar-refractivity contribution in [1.82, 2.24) is 5.32 Å². The smallest absolute Gasteiger partial charge is 0.240 e. The number of nitrogens with one attached hydrogen (secondary N) is 1. The molecule has 0 aliphatic rings. The number of hydrogen-bond donors (Lipinski definition) is 4. The Bertz CT molecular complexity index is 522. The van der Waals surface area contributed by atoms with Crippen LogP contribution in [0, 0.1) is 5.92 Å². The van der Waals surface area contributed by atoms with Gasteiger partial charge in [-0.15, -0.1) is 0 Å². The summed E-state index contributed by atoms with van der Waals surface area (Å²) in [5.41, 5.74) is 11.5. The van der Waals surface area contributed by atoms with Gasteiger partial charge in [-0.3, -0.25) is 14.4 Å². The molecule has 0 aliphatic heterocycles. The first-order chi connectivity index (χ1) is 10.5. The van der Waals surface area contributed by atoms with E-state index in [4.69, 9.17) is 11.5 Å². The lowest BCUT2D eigenvalue weighted by Crippen LogP contribution is -2.48. The molecule has 22 heavy (non-hydrogen) atoms. The van der Waals surface area contributed by atoms with Crippen LogP contribution in [0.4, 0.5) is 0 Å². The average molecular weight is 323 g/mol. The number of Topliss-reactive ketones (excluding diaryl/α,β-unsaturated/α-hetero) is 1. The molecule has 1 rings (SSSR count). The van der Waals surface area contributed by atoms with Gasteiger partial charge in [-0.25, -0.2) is 0 Å². The number of primary amides is 1. The Labute approximate surface area is 135 Å². The molecule has 0 radical (unpaired) electrons. The van der Waals surface area contributed by atoms with Gasteiger partial charge >= 0.3 is 0 Å². The lowest BCUT2D eigenvalue weighted by molar-refractivity contribution is -0.131. The lowest BCUT2D eigenvalue weighted by atomic mass is 10.0. The molecule has 0 bridgehead atoms. The number of ketones is 1. The number of benzene rings is 1. The van der Waals surface area contributed by atoms with Crippen LogP contribution in [-0.4, -0.2) is 35.9 Å². The minimum atomic E-state index is -0.828. The number of rotatable bonds is 9. The lowest BCUT2D eigenvalue weighted by Gasteiger charge is -2.19. The first-order valence-corrected chi connectivity index (χ1v) is 7.57. The van der Waals surface area contributed by atoms with Gasteiger partial charge in [0.25, 0.3) is 0 Å². The van der Waals surface area contributed by atoms with E-state index in [1.807, 2.05) is 30.3 Å². The van der Waals surface area contributed by atoms with Crippen molar-refractivity contribution in [3.8, 4) is 0 Å². The monoisotopic (exact) mass is 323 g/mol. The highest BCUT2D eigenvalue weighted by atomic mass is 32.1. The number of hydrogen-bond acceptors (Lipinski definition) is 5. The zero-order chi connectivity index (χ0) is 16.5. The fourth-order valence-corrected chi connectivity index (χ4v) is 2.26. The Morgan fingerprint density at radius 1 is 1.18 bits per heavy atom. The van der Waals surface area contributed by atoms with Crippen LogP contribution in [0.5, 0.6) is 0 Å². The fraction of sp³-hybridized carbons (Fsp3) is 0.400. The SMILES string of the molecule is NCC(=O)C[C@@H](CS)C(=O)N[C@@H](Cc1ccccc1)C(N)=O. The van der Waals surface area contributed by atoms with Crippen molar-refractivity contribution < 1.29 is 14.4 Å². The van der Waals surface area contributed by atoms with Gasteiger partial charge in [-0.1, -0.05) is 30.3 Å². The third-order valence-electron chi connectivity index (χ3n) is 3.24. The molecule has 1 aromatic rings. The summed E-state index contributed by atoms with van der Waals surface area (Å²) in [7, 11) is 0. The predicted molar refractivity (Wildman–Crippen MR) is 87.3 cm³/mol. The molecule has 5 N–H and O–H groups in total. The minimum absolute atomic E-state index is 0.00263. The maximum absolute atomic E-state index is 12.2. The molecule has 6 nitrogen and oxygen atoms in total. The average Bonchev–Trinajstić information content (AvgIpc) is 2.52. The Hall–Kier alpha value is -1.86. The summed E-state index contributed by atoms with van der Waals surface area (Å²) in [5.74, 6) is -1.71. The van der Waals surface area contributed by atoms with Gasteiger partial charge < -0.3 is 16.8 Å². The van der Waals surface area contributed by atoms with Crippen LogP contribution >= 0.6 is 12.6 Å². The second-order valence-corrected chi connectivity index (χ2v) is 5.34. The minimum Gasteiger partial charge on any atom is -0.368 e. The van der Waals surface area contributed by atoms with Crippen molar-refractivity contribution in [2.45, 2.75) is 18.9 Å². The quantitative estimate of drug-likeness (QED) is 0.465. The predicted octanol–water partition coefficient (Wildman–Crippen LogP) is -0.337. The highest BCUT2D eigenvalue weighted by molar-refractivity contribution is 7.80. The van der Waals surface area contributed by atoms with Crippen molar-refractivity contribution in [2.75, 3.05) is 12.3 Å². The van der Waals surface area contributed by atoms with Gasteiger partial charge in [0.2, 0.25) is 11.8 Å². The number of thiol groups is 1. The Morgan fingerprint density at radius 3 is 2.32 bits per heavy atom. The molecule has 7 heteroatoms. The maximum atomic E-state index is 12.2. The summed E-state index contributed by atoms with van der Waals surface area (Å²) < 4.78 is 0. The van der Waals surface area contributed by atoms with Gasteiger partial charge in [0, 0.05) is 18.6 Å². The fourth-order valence-electron chi connectivity index (χ4n) is 1.96. The Kier molecular flexibility index (Phi) is 7.62. The van der Waals surface area contributed by atoms with Crippen LogP contribution in [0.15, 0.2) is 30.3 Å². The number of amides is 2. The molecule has 0 aromatic heterocycles.